The van der Waals surface area contributed by atoms with Gasteiger partial charge in [0, 0.05) is 17.2 Å². The first kappa shape index (κ1) is 13.0. The van der Waals surface area contributed by atoms with E-state index < -0.39 is 0 Å². The molecule has 0 saturated heterocycles. The maximum atomic E-state index is 11.5. The molecule has 4 nitrogen and oxygen atoms in total. The monoisotopic (exact) mass is 286 g/mol. The van der Waals surface area contributed by atoms with Crippen LogP contribution in [-0.2, 0) is 4.74 Å². The van der Waals surface area contributed by atoms with E-state index in [1.54, 1.807) is 12.3 Å². The van der Waals surface area contributed by atoms with E-state index in [1.807, 2.05) is 0 Å². The number of ether oxygens (including phenoxy) is 1. The zero-order valence-electron chi connectivity index (χ0n) is 9.58. The summed E-state index contributed by atoms with van der Waals surface area (Å²) in [4.78, 5) is 15.7. The third-order valence-electron chi connectivity index (χ3n) is 1.94. The van der Waals surface area contributed by atoms with Crippen molar-refractivity contribution in [1.29, 1.82) is 0 Å². The summed E-state index contributed by atoms with van der Waals surface area (Å²) in [5.74, 6) is 0.653. The number of carbonyl (C=O) groups is 1. The lowest BCUT2D eigenvalue weighted by Gasteiger charge is -2.11. The van der Waals surface area contributed by atoms with E-state index in [4.69, 9.17) is 4.74 Å². The number of carbonyl (C=O) groups excluding carboxylic acids is 1. The Morgan fingerprint density at radius 3 is 2.88 bits per heavy atom. The molecule has 0 amide bonds. The maximum absolute atomic E-state index is 11.5. The number of hydrogen-bond donors (Lipinski definition) is 1. The largest absolute Gasteiger partial charge is 0.465 e. The predicted octanol–water partition coefficient (Wildman–Crippen LogP) is 2.70. The number of nitrogens with one attached hydrogen (secondary N) is 1. The minimum Gasteiger partial charge on any atom is -0.465 e. The van der Waals surface area contributed by atoms with E-state index in [0.29, 0.717) is 17.3 Å². The van der Waals surface area contributed by atoms with E-state index >= 15 is 0 Å². The lowest BCUT2D eigenvalue weighted by molar-refractivity contribution is 0.0601. The molecular formula is C11H15BrN2O2. The molecule has 0 aromatic carbocycles. The van der Waals surface area contributed by atoms with Crippen LogP contribution in [0.2, 0.25) is 0 Å². The van der Waals surface area contributed by atoms with Gasteiger partial charge in [-0.15, -0.1) is 0 Å². The molecule has 0 atom stereocenters. The van der Waals surface area contributed by atoms with Gasteiger partial charge in [-0.2, -0.15) is 0 Å². The normalized spacial score (nSPS) is 10.3. The van der Waals surface area contributed by atoms with Crippen molar-refractivity contribution in [2.24, 2.45) is 5.92 Å². The lowest BCUT2D eigenvalue weighted by Crippen LogP contribution is -2.14. The molecule has 88 valence electrons. The Morgan fingerprint density at radius 2 is 2.31 bits per heavy atom. The average Bonchev–Trinajstić information content (AvgIpc) is 2.26. The van der Waals surface area contributed by atoms with Gasteiger partial charge < -0.3 is 10.1 Å². The second kappa shape index (κ2) is 5.84. The van der Waals surface area contributed by atoms with Crippen LogP contribution in [0.4, 0.5) is 5.82 Å². The summed E-state index contributed by atoms with van der Waals surface area (Å²) < 4.78 is 5.45. The van der Waals surface area contributed by atoms with Crippen LogP contribution in [0.15, 0.2) is 16.7 Å². The first-order chi connectivity index (χ1) is 7.54. The number of hydrogen-bond acceptors (Lipinski definition) is 4. The second-order valence-electron chi connectivity index (χ2n) is 3.82. The number of nitrogens with zero attached hydrogens (tertiary/aromatic N) is 1. The number of aromatic nitrogens is 1. The van der Waals surface area contributed by atoms with Crippen LogP contribution in [0.25, 0.3) is 0 Å². The summed E-state index contributed by atoms with van der Waals surface area (Å²) in [5, 5.41) is 3.12. The minimum absolute atomic E-state index is 0.389. The van der Waals surface area contributed by atoms with Crippen molar-refractivity contribution in [3.8, 4) is 0 Å². The van der Waals surface area contributed by atoms with Crippen molar-refractivity contribution in [2.75, 3.05) is 19.0 Å². The van der Waals surface area contributed by atoms with Gasteiger partial charge in [-0.3, -0.25) is 0 Å². The number of esters is 1. The van der Waals surface area contributed by atoms with Gasteiger partial charge in [0.25, 0.3) is 0 Å². The van der Waals surface area contributed by atoms with Gasteiger partial charge in [-0.05, 0) is 27.9 Å². The molecule has 0 aliphatic rings. The van der Waals surface area contributed by atoms with Crippen LogP contribution < -0.4 is 5.32 Å². The topological polar surface area (TPSA) is 51.2 Å². The summed E-state index contributed by atoms with van der Waals surface area (Å²) in [6, 6.07) is 1.70. The van der Waals surface area contributed by atoms with E-state index in [9.17, 15) is 4.79 Å². The highest BCUT2D eigenvalue weighted by Gasteiger charge is 2.13. The molecule has 0 radical (unpaired) electrons. The third-order valence-corrected chi connectivity index (χ3v) is 2.37. The number of rotatable bonds is 4. The maximum Gasteiger partial charge on any atom is 0.341 e. The quantitative estimate of drug-likeness (QED) is 0.865. The molecule has 0 spiro atoms. The molecule has 1 rings (SSSR count). The summed E-state index contributed by atoms with van der Waals surface area (Å²) in [6.07, 6.45) is 1.65. The second-order valence-corrected chi connectivity index (χ2v) is 4.73. The van der Waals surface area contributed by atoms with Gasteiger partial charge in [0.15, 0.2) is 0 Å². The van der Waals surface area contributed by atoms with Gasteiger partial charge >= 0.3 is 5.97 Å². The summed E-state index contributed by atoms with van der Waals surface area (Å²) in [6.45, 7) is 4.94. The van der Waals surface area contributed by atoms with Crippen molar-refractivity contribution >= 4 is 27.7 Å². The van der Waals surface area contributed by atoms with E-state index in [-0.39, 0.29) is 5.97 Å². The summed E-state index contributed by atoms with van der Waals surface area (Å²) in [7, 11) is 1.36. The highest BCUT2D eigenvalue weighted by atomic mass is 79.9. The highest BCUT2D eigenvalue weighted by molar-refractivity contribution is 9.10. The zero-order valence-corrected chi connectivity index (χ0v) is 11.2. The fourth-order valence-electron chi connectivity index (χ4n) is 1.15. The molecule has 0 saturated carbocycles. The van der Waals surface area contributed by atoms with Gasteiger partial charge in [0.05, 0.1) is 7.11 Å². The molecule has 0 bridgehead atoms. The van der Waals surface area contributed by atoms with Crippen molar-refractivity contribution in [3.63, 3.8) is 0 Å². The van der Waals surface area contributed by atoms with Crippen LogP contribution in [0, 0.1) is 5.92 Å². The van der Waals surface area contributed by atoms with Gasteiger partial charge in [-0.25, -0.2) is 9.78 Å². The Labute approximate surface area is 104 Å². The summed E-state index contributed by atoms with van der Waals surface area (Å²) >= 11 is 3.28. The molecule has 1 N–H and O–H groups in total. The van der Waals surface area contributed by atoms with Crippen molar-refractivity contribution in [1.82, 2.24) is 4.98 Å². The van der Waals surface area contributed by atoms with E-state index in [1.165, 1.54) is 7.11 Å². The number of pyridine rings is 1. The van der Waals surface area contributed by atoms with Gasteiger partial charge in [0.1, 0.15) is 11.4 Å². The molecule has 0 aliphatic heterocycles. The molecule has 0 fully saturated rings. The first-order valence-electron chi connectivity index (χ1n) is 5.02. The van der Waals surface area contributed by atoms with Gasteiger partial charge in [0.2, 0.25) is 0 Å². The summed E-state index contributed by atoms with van der Waals surface area (Å²) in [5.41, 5.74) is 0.442. The van der Waals surface area contributed by atoms with Crippen LogP contribution >= 0.6 is 15.9 Å². The van der Waals surface area contributed by atoms with Gasteiger partial charge in [-0.1, -0.05) is 13.8 Å². The number of methoxy groups -OCH3 is 1. The fourth-order valence-corrected chi connectivity index (χ4v) is 1.48. The molecule has 1 heterocycles. The zero-order chi connectivity index (χ0) is 12.1. The van der Waals surface area contributed by atoms with Crippen molar-refractivity contribution in [3.05, 3.63) is 22.3 Å². The molecular weight excluding hydrogens is 272 g/mol. The lowest BCUT2D eigenvalue weighted by atomic mass is 10.2. The SMILES string of the molecule is COC(=O)c1cc(Br)cnc1NCC(C)C. The van der Waals surface area contributed by atoms with Crippen LogP contribution in [-0.4, -0.2) is 24.6 Å². The Hall–Kier alpha value is -1.10. The third kappa shape index (κ3) is 3.48. The Balaban J connectivity index is 2.93. The molecule has 0 aliphatic carbocycles. The predicted molar refractivity (Wildman–Crippen MR) is 66.6 cm³/mol. The van der Waals surface area contributed by atoms with Crippen molar-refractivity contribution in [2.45, 2.75) is 13.8 Å². The smallest absolute Gasteiger partial charge is 0.341 e. The first-order valence-corrected chi connectivity index (χ1v) is 5.81. The van der Waals surface area contributed by atoms with Crippen LogP contribution in [0.5, 0.6) is 0 Å². The standard InChI is InChI=1S/C11H15BrN2O2/c1-7(2)5-13-10-9(11(15)16-3)4-8(12)6-14-10/h4,6-7H,5H2,1-3H3,(H,13,14). The molecule has 1 aromatic heterocycles. The van der Waals surface area contributed by atoms with E-state index in [2.05, 4.69) is 40.1 Å². The number of anilines is 1. The fraction of sp³-hybridized carbons (Fsp3) is 0.455. The Kier molecular flexibility index (Phi) is 4.73. The molecule has 16 heavy (non-hydrogen) atoms. The molecule has 1 aromatic rings. The molecule has 5 heteroatoms. The molecule has 0 unspecified atom stereocenters. The Bertz CT molecular complexity index is 380. The number of halogens is 1. The highest BCUT2D eigenvalue weighted by Crippen LogP contribution is 2.19. The minimum atomic E-state index is -0.389. The van der Waals surface area contributed by atoms with Crippen LogP contribution in [0.3, 0.4) is 0 Å². The van der Waals surface area contributed by atoms with Crippen molar-refractivity contribution < 1.29 is 9.53 Å². The Morgan fingerprint density at radius 1 is 1.62 bits per heavy atom. The van der Waals surface area contributed by atoms with E-state index in [0.717, 1.165) is 11.0 Å². The van der Waals surface area contributed by atoms with Crippen LogP contribution in [0.1, 0.15) is 24.2 Å². The average molecular weight is 287 g/mol.